The molecule has 0 bridgehead atoms. The molecule has 4 nitrogen and oxygen atoms in total. The molecule has 1 aliphatic heterocycles. The van der Waals surface area contributed by atoms with Gasteiger partial charge in [0.05, 0.1) is 6.54 Å². The minimum Gasteiger partial charge on any atom is -0.334 e. The van der Waals surface area contributed by atoms with Gasteiger partial charge in [0.25, 0.3) is 0 Å². The van der Waals surface area contributed by atoms with E-state index in [9.17, 15) is 9.59 Å². The first-order valence-electron chi connectivity index (χ1n) is 5.96. The minimum atomic E-state index is -0.0416. The second kappa shape index (κ2) is 6.89. The van der Waals surface area contributed by atoms with Crippen molar-refractivity contribution in [2.75, 3.05) is 26.2 Å². The Bertz CT molecular complexity index is 303. The second-order valence-corrected chi connectivity index (χ2v) is 4.15. The number of nitrogens with zero attached hydrogens (tertiary/aromatic N) is 2. The lowest BCUT2D eigenvalue weighted by Crippen LogP contribution is -2.44. The van der Waals surface area contributed by atoms with Crippen molar-refractivity contribution in [3.05, 3.63) is 25.3 Å². The van der Waals surface area contributed by atoms with Crippen molar-refractivity contribution >= 4 is 11.8 Å². The van der Waals surface area contributed by atoms with Gasteiger partial charge >= 0.3 is 0 Å². The van der Waals surface area contributed by atoms with Crippen molar-refractivity contribution in [2.24, 2.45) is 0 Å². The van der Waals surface area contributed by atoms with Crippen molar-refractivity contribution in [1.29, 1.82) is 0 Å². The molecule has 2 amide bonds. The van der Waals surface area contributed by atoms with Crippen molar-refractivity contribution in [1.82, 2.24) is 9.80 Å². The third-order valence-electron chi connectivity index (χ3n) is 2.80. The van der Waals surface area contributed by atoms with E-state index in [4.69, 9.17) is 0 Å². The number of hydrogen-bond acceptors (Lipinski definition) is 2. The van der Waals surface area contributed by atoms with Crippen LogP contribution in [-0.2, 0) is 9.59 Å². The van der Waals surface area contributed by atoms with Gasteiger partial charge in [0.15, 0.2) is 0 Å². The smallest absolute Gasteiger partial charge is 0.242 e. The maximum absolute atomic E-state index is 12.0. The fourth-order valence-corrected chi connectivity index (χ4v) is 1.88. The average molecular weight is 236 g/mol. The van der Waals surface area contributed by atoms with Crippen LogP contribution in [0.1, 0.15) is 19.3 Å². The Morgan fingerprint density at radius 3 is 2.47 bits per heavy atom. The van der Waals surface area contributed by atoms with Crippen LogP contribution >= 0.6 is 0 Å². The lowest BCUT2D eigenvalue weighted by atomic mass is 10.1. The van der Waals surface area contributed by atoms with Crippen LogP contribution < -0.4 is 0 Å². The van der Waals surface area contributed by atoms with Crippen LogP contribution in [0.15, 0.2) is 25.3 Å². The predicted octanol–water partition coefficient (Wildman–Crippen LogP) is 1.20. The summed E-state index contributed by atoms with van der Waals surface area (Å²) in [5.74, 6) is 0.0433. The summed E-state index contributed by atoms with van der Waals surface area (Å²) >= 11 is 0. The molecule has 0 spiro atoms. The van der Waals surface area contributed by atoms with Crippen molar-refractivity contribution in [3.63, 3.8) is 0 Å². The zero-order valence-corrected chi connectivity index (χ0v) is 10.2. The fourth-order valence-electron chi connectivity index (χ4n) is 1.88. The van der Waals surface area contributed by atoms with E-state index in [2.05, 4.69) is 13.2 Å². The SMILES string of the molecule is C=CCN(CC=C)C(=O)CN1CCCCC1=O. The molecule has 0 aromatic carbocycles. The normalized spacial score (nSPS) is 15.5. The molecule has 0 aromatic heterocycles. The third-order valence-corrected chi connectivity index (χ3v) is 2.80. The third kappa shape index (κ3) is 4.06. The zero-order chi connectivity index (χ0) is 12.7. The molecule has 0 saturated carbocycles. The largest absolute Gasteiger partial charge is 0.334 e. The van der Waals surface area contributed by atoms with Crippen molar-refractivity contribution in [3.8, 4) is 0 Å². The topological polar surface area (TPSA) is 40.6 Å². The molecule has 0 radical (unpaired) electrons. The monoisotopic (exact) mass is 236 g/mol. The molecule has 17 heavy (non-hydrogen) atoms. The molecule has 1 rings (SSSR count). The Morgan fingerprint density at radius 1 is 1.29 bits per heavy atom. The van der Waals surface area contributed by atoms with E-state index in [1.807, 2.05) is 0 Å². The summed E-state index contributed by atoms with van der Waals surface area (Å²) in [6.45, 7) is 9.10. The molecule has 0 atom stereocenters. The Labute approximate surface area is 103 Å². The van der Waals surface area contributed by atoms with Gasteiger partial charge in [-0.1, -0.05) is 12.2 Å². The molecule has 1 saturated heterocycles. The minimum absolute atomic E-state index is 0.0416. The van der Waals surface area contributed by atoms with Gasteiger partial charge in [-0.15, -0.1) is 13.2 Å². The van der Waals surface area contributed by atoms with Gasteiger partial charge in [-0.05, 0) is 12.8 Å². The van der Waals surface area contributed by atoms with Gasteiger partial charge in [0.2, 0.25) is 11.8 Å². The average Bonchev–Trinajstić information content (AvgIpc) is 2.32. The maximum Gasteiger partial charge on any atom is 0.242 e. The van der Waals surface area contributed by atoms with Crippen LogP contribution in [0.3, 0.4) is 0 Å². The number of hydrogen-bond donors (Lipinski definition) is 0. The molecule has 0 unspecified atom stereocenters. The highest BCUT2D eigenvalue weighted by molar-refractivity contribution is 5.85. The molecule has 0 aliphatic carbocycles. The van der Waals surface area contributed by atoms with E-state index in [-0.39, 0.29) is 18.4 Å². The first-order chi connectivity index (χ1) is 8.19. The number of rotatable bonds is 6. The summed E-state index contributed by atoms with van der Waals surface area (Å²) in [4.78, 5) is 26.8. The summed E-state index contributed by atoms with van der Waals surface area (Å²) in [5.41, 5.74) is 0. The van der Waals surface area contributed by atoms with Gasteiger partial charge in [-0.3, -0.25) is 9.59 Å². The number of amides is 2. The van der Waals surface area contributed by atoms with Gasteiger partial charge in [0.1, 0.15) is 0 Å². The van der Waals surface area contributed by atoms with Crippen molar-refractivity contribution < 1.29 is 9.59 Å². The number of likely N-dealkylation sites (tertiary alicyclic amines) is 1. The van der Waals surface area contributed by atoms with Crippen LogP contribution in [-0.4, -0.2) is 47.8 Å². The van der Waals surface area contributed by atoms with Crippen LogP contribution in [0.25, 0.3) is 0 Å². The predicted molar refractivity (Wildman–Crippen MR) is 67.4 cm³/mol. The van der Waals surface area contributed by atoms with Gasteiger partial charge in [0, 0.05) is 26.1 Å². The standard InChI is InChI=1S/C13H20N2O2/c1-3-8-14(9-4-2)13(17)11-15-10-6-5-7-12(15)16/h3-4H,1-2,5-11H2. The molecule has 1 heterocycles. The lowest BCUT2D eigenvalue weighted by molar-refractivity contribution is -0.141. The molecule has 4 heteroatoms. The van der Waals surface area contributed by atoms with E-state index in [0.29, 0.717) is 26.1 Å². The van der Waals surface area contributed by atoms with E-state index >= 15 is 0 Å². The van der Waals surface area contributed by atoms with Gasteiger partial charge in [-0.25, -0.2) is 0 Å². The summed E-state index contributed by atoms with van der Waals surface area (Å²) in [7, 11) is 0. The van der Waals surface area contributed by atoms with Gasteiger partial charge < -0.3 is 9.80 Å². The summed E-state index contributed by atoms with van der Waals surface area (Å²) in [6, 6.07) is 0. The molecule has 0 N–H and O–H groups in total. The second-order valence-electron chi connectivity index (χ2n) is 4.15. The summed E-state index contributed by atoms with van der Waals surface area (Å²) in [5, 5.41) is 0. The Morgan fingerprint density at radius 2 is 1.94 bits per heavy atom. The molecule has 94 valence electrons. The van der Waals surface area contributed by atoms with E-state index in [0.717, 1.165) is 12.8 Å². The van der Waals surface area contributed by atoms with Crippen LogP contribution in [0.5, 0.6) is 0 Å². The highest BCUT2D eigenvalue weighted by Crippen LogP contribution is 2.10. The Kier molecular flexibility index (Phi) is 5.46. The Hall–Kier alpha value is -1.58. The van der Waals surface area contributed by atoms with Gasteiger partial charge in [-0.2, -0.15) is 0 Å². The molecule has 1 aliphatic rings. The highest BCUT2D eigenvalue weighted by Gasteiger charge is 2.22. The fraction of sp³-hybridized carbons (Fsp3) is 0.538. The maximum atomic E-state index is 12.0. The Balaban J connectivity index is 2.52. The molecule has 1 fully saturated rings. The van der Waals surface area contributed by atoms with E-state index in [1.165, 1.54) is 0 Å². The van der Waals surface area contributed by atoms with Crippen LogP contribution in [0, 0.1) is 0 Å². The quantitative estimate of drug-likeness (QED) is 0.650. The number of piperidine rings is 1. The number of carbonyl (C=O) groups excluding carboxylic acids is 2. The molecular formula is C13H20N2O2. The first kappa shape index (κ1) is 13.5. The van der Waals surface area contributed by atoms with E-state index in [1.54, 1.807) is 22.0 Å². The number of carbonyl (C=O) groups is 2. The molecular weight excluding hydrogens is 216 g/mol. The highest BCUT2D eigenvalue weighted by atomic mass is 16.2. The lowest BCUT2D eigenvalue weighted by Gasteiger charge is -2.28. The van der Waals surface area contributed by atoms with Crippen LogP contribution in [0.2, 0.25) is 0 Å². The first-order valence-corrected chi connectivity index (χ1v) is 5.96. The zero-order valence-electron chi connectivity index (χ0n) is 10.2. The summed E-state index contributed by atoms with van der Waals surface area (Å²) in [6.07, 6.45) is 5.85. The summed E-state index contributed by atoms with van der Waals surface area (Å²) < 4.78 is 0. The van der Waals surface area contributed by atoms with Crippen LogP contribution in [0.4, 0.5) is 0 Å². The van der Waals surface area contributed by atoms with Crippen molar-refractivity contribution in [2.45, 2.75) is 19.3 Å². The van der Waals surface area contributed by atoms with E-state index < -0.39 is 0 Å². The molecule has 0 aromatic rings.